The van der Waals surface area contributed by atoms with Crippen molar-refractivity contribution in [3.8, 4) is 0 Å². The second-order valence-corrected chi connectivity index (χ2v) is 2.04. The zero-order chi connectivity index (χ0) is 5.21. The lowest BCUT2D eigenvalue weighted by atomic mass is 11.3. The Kier molecular flexibility index (Phi) is 3.82. The van der Waals surface area contributed by atoms with E-state index in [1.807, 2.05) is 0 Å². The first-order chi connectivity index (χ1) is 2.56. The first-order valence-corrected chi connectivity index (χ1v) is 2.66. The third-order valence-electron chi connectivity index (χ3n) is 0.211. The van der Waals surface area contributed by atoms with E-state index in [2.05, 4.69) is 6.58 Å². The van der Waals surface area contributed by atoms with Gasteiger partial charge in [-0.15, -0.1) is 0 Å². The Morgan fingerprint density at radius 2 is 1.71 bits per heavy atom. The van der Waals surface area contributed by atoms with E-state index in [4.69, 9.17) is 4.55 Å². The molecule has 0 spiro atoms. The van der Waals surface area contributed by atoms with Crippen molar-refractivity contribution in [1.82, 2.24) is 0 Å². The fourth-order valence-electron chi connectivity index (χ4n) is 0. The Hall–Kier alpha value is -0.390. The molecule has 5 heteroatoms. The van der Waals surface area contributed by atoms with E-state index in [0.29, 0.717) is 5.41 Å². The minimum atomic E-state index is -3.90. The Balaban J connectivity index is 0. The predicted octanol–water partition coefficient (Wildman–Crippen LogP) is -0.807. The average Bonchev–Trinajstić information content (AvgIpc) is 1.35. The highest BCUT2D eigenvalue weighted by molar-refractivity contribution is 7.88. The van der Waals surface area contributed by atoms with Gasteiger partial charge in [-0.25, -0.2) is 0 Å². The Morgan fingerprint density at radius 1 is 1.57 bits per heavy atom. The molecule has 3 N–H and O–H groups in total. The van der Waals surface area contributed by atoms with Gasteiger partial charge in [0.25, 0.3) is 10.1 Å². The second kappa shape index (κ2) is 2.73. The lowest BCUT2D eigenvalue weighted by Gasteiger charge is -1.73. The van der Waals surface area contributed by atoms with Crippen LogP contribution in [0.2, 0.25) is 0 Å². The summed E-state index contributed by atoms with van der Waals surface area (Å²) in [6.45, 7) is 2.79. The summed E-state index contributed by atoms with van der Waals surface area (Å²) in [4.78, 5) is 0. The van der Waals surface area contributed by atoms with Gasteiger partial charge in [-0.3, -0.25) is 4.55 Å². The molecule has 0 rings (SSSR count). The molecule has 7 heavy (non-hydrogen) atoms. The smallest absolute Gasteiger partial charge is 0.287 e. The molecule has 0 aromatic heterocycles. The number of hydrogen-bond donors (Lipinski definition) is 1. The zero-order valence-corrected chi connectivity index (χ0v) is 4.27. The molecule has 44 valence electrons. The molecule has 0 aliphatic heterocycles. The molecule has 0 unspecified atom stereocenters. The van der Waals surface area contributed by atoms with Gasteiger partial charge in [-0.2, -0.15) is 8.42 Å². The molecule has 4 nitrogen and oxygen atoms in total. The largest absolute Gasteiger partial charge is 0.412 e. The van der Waals surface area contributed by atoms with Gasteiger partial charge in [-0.05, 0) is 0 Å². The fraction of sp³-hybridized carbons (Fsp3) is 0. The first kappa shape index (κ1) is 9.79. The van der Waals surface area contributed by atoms with Crippen molar-refractivity contribution in [3.63, 3.8) is 0 Å². The molecule has 0 radical (unpaired) electrons. The Labute approximate surface area is 41.5 Å². The first-order valence-electron chi connectivity index (χ1n) is 1.16. The molecule has 0 aromatic carbocycles. The van der Waals surface area contributed by atoms with Gasteiger partial charge in [0.15, 0.2) is 0 Å². The van der Waals surface area contributed by atoms with Crippen LogP contribution in [0.25, 0.3) is 0 Å². The van der Waals surface area contributed by atoms with Crippen LogP contribution in [-0.2, 0) is 10.1 Å². The summed E-state index contributed by atoms with van der Waals surface area (Å²) in [5, 5.41) is 0.465. The lowest BCUT2D eigenvalue weighted by molar-refractivity contribution is 0.494. The minimum Gasteiger partial charge on any atom is -0.412 e. The molecule has 0 fully saturated rings. The van der Waals surface area contributed by atoms with Gasteiger partial charge in [0.2, 0.25) is 0 Å². The van der Waals surface area contributed by atoms with Gasteiger partial charge >= 0.3 is 0 Å². The van der Waals surface area contributed by atoms with Crippen LogP contribution in [0.3, 0.4) is 0 Å². The normalized spacial score (nSPS) is 9.29. The van der Waals surface area contributed by atoms with E-state index in [-0.39, 0.29) is 5.48 Å². The summed E-state index contributed by atoms with van der Waals surface area (Å²) >= 11 is 0. The summed E-state index contributed by atoms with van der Waals surface area (Å²) in [5.74, 6) is 0. The topological polar surface area (TPSA) is 85.9 Å². The average molecular weight is 126 g/mol. The third kappa shape index (κ3) is 10.7. The summed E-state index contributed by atoms with van der Waals surface area (Å²) in [7, 11) is -3.90. The van der Waals surface area contributed by atoms with Gasteiger partial charge in [0, 0.05) is 0 Å². The van der Waals surface area contributed by atoms with Crippen molar-refractivity contribution in [2.75, 3.05) is 0 Å². The van der Waals surface area contributed by atoms with Crippen molar-refractivity contribution in [3.05, 3.63) is 12.0 Å². The van der Waals surface area contributed by atoms with Crippen LogP contribution in [0, 0.1) is 0 Å². The maximum atomic E-state index is 9.44. The van der Waals surface area contributed by atoms with Crippen LogP contribution in [0.1, 0.15) is 0 Å². The molecule has 0 aliphatic rings. The highest BCUT2D eigenvalue weighted by Crippen LogP contribution is 1.75. The summed E-state index contributed by atoms with van der Waals surface area (Å²) < 4.78 is 26.6. The molecule has 0 heterocycles. The SMILES string of the molecule is C=CS(=O)(=O)O.O. The van der Waals surface area contributed by atoms with E-state index in [0.717, 1.165) is 0 Å². The van der Waals surface area contributed by atoms with Crippen molar-refractivity contribution < 1.29 is 18.4 Å². The van der Waals surface area contributed by atoms with Crippen LogP contribution in [0.4, 0.5) is 0 Å². The van der Waals surface area contributed by atoms with E-state index in [1.54, 1.807) is 0 Å². The summed E-state index contributed by atoms with van der Waals surface area (Å²) in [5.41, 5.74) is 0. The highest BCUT2D eigenvalue weighted by Gasteiger charge is 1.87. The summed E-state index contributed by atoms with van der Waals surface area (Å²) in [6.07, 6.45) is 0. The van der Waals surface area contributed by atoms with Crippen LogP contribution in [-0.4, -0.2) is 18.4 Å². The zero-order valence-electron chi connectivity index (χ0n) is 3.46. The predicted molar refractivity (Wildman–Crippen MR) is 25.4 cm³/mol. The second-order valence-electron chi connectivity index (χ2n) is 0.682. The van der Waals surface area contributed by atoms with E-state index < -0.39 is 10.1 Å². The molecule has 0 amide bonds. The maximum Gasteiger partial charge on any atom is 0.287 e. The van der Waals surface area contributed by atoms with E-state index in [1.165, 1.54) is 0 Å². The summed E-state index contributed by atoms with van der Waals surface area (Å²) in [6, 6.07) is 0. The van der Waals surface area contributed by atoms with Gasteiger partial charge < -0.3 is 5.48 Å². The molecule has 0 aliphatic carbocycles. The van der Waals surface area contributed by atoms with Gasteiger partial charge in [-0.1, -0.05) is 6.58 Å². The molecule has 0 atom stereocenters. The van der Waals surface area contributed by atoms with E-state index in [9.17, 15) is 8.42 Å². The maximum absolute atomic E-state index is 9.44. The number of hydrogen-bond acceptors (Lipinski definition) is 2. The van der Waals surface area contributed by atoms with Gasteiger partial charge in [0.1, 0.15) is 0 Å². The van der Waals surface area contributed by atoms with Crippen molar-refractivity contribution in [2.45, 2.75) is 0 Å². The molecule has 0 bridgehead atoms. The van der Waals surface area contributed by atoms with Crippen LogP contribution in [0.5, 0.6) is 0 Å². The molecular formula is C2H6O4S. The Morgan fingerprint density at radius 3 is 1.71 bits per heavy atom. The molecule has 0 saturated carbocycles. The van der Waals surface area contributed by atoms with Gasteiger partial charge in [0.05, 0.1) is 5.41 Å². The lowest BCUT2D eigenvalue weighted by Crippen LogP contribution is -1.86. The standard InChI is InChI=1S/C2H4O3S.H2O/c1-2-6(3,4)5;/h2H,1H2,(H,3,4,5);1H2. The fourth-order valence-corrected chi connectivity index (χ4v) is 0. The highest BCUT2D eigenvalue weighted by atomic mass is 32.2. The molecule has 0 aromatic rings. The van der Waals surface area contributed by atoms with Crippen LogP contribution >= 0.6 is 0 Å². The number of rotatable bonds is 1. The van der Waals surface area contributed by atoms with Crippen molar-refractivity contribution in [2.24, 2.45) is 0 Å². The monoisotopic (exact) mass is 126 g/mol. The molecular weight excluding hydrogens is 120 g/mol. The van der Waals surface area contributed by atoms with Crippen LogP contribution < -0.4 is 0 Å². The third-order valence-corrected chi connectivity index (χ3v) is 0.632. The quantitative estimate of drug-likeness (QED) is 0.466. The van der Waals surface area contributed by atoms with Crippen LogP contribution in [0.15, 0.2) is 12.0 Å². The molecule has 0 saturated heterocycles. The Bertz CT molecular complexity index is 120. The minimum absolute atomic E-state index is 0. The van der Waals surface area contributed by atoms with Crippen molar-refractivity contribution >= 4 is 10.1 Å². The van der Waals surface area contributed by atoms with Crippen molar-refractivity contribution in [1.29, 1.82) is 0 Å². The van der Waals surface area contributed by atoms with E-state index >= 15 is 0 Å².